The Morgan fingerprint density at radius 3 is 2.54 bits per heavy atom. The molecule has 0 aliphatic rings. The minimum Gasteiger partial charge on any atom is -0.398 e. The molecule has 0 aromatic heterocycles. The van der Waals surface area contributed by atoms with Crippen molar-refractivity contribution in [2.24, 2.45) is 5.73 Å². The molecule has 0 aliphatic carbocycles. The van der Waals surface area contributed by atoms with Gasteiger partial charge in [0.15, 0.2) is 0 Å². The highest BCUT2D eigenvalue weighted by Gasteiger charge is 2.14. The highest BCUT2D eigenvalue weighted by atomic mass is 19.1. The fraction of sp³-hybridized carbons (Fsp3) is 0.333. The monoisotopic (exact) mass is 184 g/mol. The summed E-state index contributed by atoms with van der Waals surface area (Å²) in [5, 5.41) is 9.19. The molecule has 0 saturated heterocycles. The Hall–Kier alpha value is -1.13. The van der Waals surface area contributed by atoms with Gasteiger partial charge in [-0.15, -0.1) is 0 Å². The first-order valence-corrected chi connectivity index (χ1v) is 4.01. The minimum atomic E-state index is -0.701. The van der Waals surface area contributed by atoms with Crippen LogP contribution in [0.15, 0.2) is 18.2 Å². The molecule has 1 rings (SSSR count). The molecule has 0 aliphatic heterocycles. The molecule has 4 heteroatoms. The molecule has 0 amide bonds. The number of benzene rings is 1. The summed E-state index contributed by atoms with van der Waals surface area (Å²) in [4.78, 5) is 0. The van der Waals surface area contributed by atoms with Crippen LogP contribution in [0.2, 0.25) is 0 Å². The first-order valence-electron chi connectivity index (χ1n) is 4.01. The summed E-state index contributed by atoms with van der Waals surface area (Å²) in [5.41, 5.74) is 12.0. The Balaban J connectivity index is 3.01. The van der Waals surface area contributed by atoms with Gasteiger partial charge in [0.05, 0.1) is 12.1 Å². The second kappa shape index (κ2) is 3.72. The summed E-state index contributed by atoms with van der Waals surface area (Å²) >= 11 is 0. The molecule has 0 bridgehead atoms. The summed E-state index contributed by atoms with van der Waals surface area (Å²) in [6, 6.07) is 3.38. The number of halogens is 1. The molecule has 0 fully saturated rings. The number of rotatable bonds is 2. The molecule has 2 atom stereocenters. The lowest BCUT2D eigenvalue weighted by Gasteiger charge is -2.16. The molecule has 1 aromatic rings. The van der Waals surface area contributed by atoms with Gasteiger partial charge in [0.25, 0.3) is 0 Å². The largest absolute Gasteiger partial charge is 0.398 e. The van der Waals surface area contributed by atoms with Gasteiger partial charge in [-0.3, -0.25) is 0 Å². The van der Waals surface area contributed by atoms with Crippen LogP contribution in [0.5, 0.6) is 0 Å². The molecule has 13 heavy (non-hydrogen) atoms. The van der Waals surface area contributed by atoms with Crippen LogP contribution < -0.4 is 11.5 Å². The van der Waals surface area contributed by atoms with E-state index in [1.165, 1.54) is 18.2 Å². The molecular weight excluding hydrogens is 171 g/mol. The van der Waals surface area contributed by atoms with E-state index in [2.05, 4.69) is 0 Å². The van der Waals surface area contributed by atoms with E-state index in [-0.39, 0.29) is 5.69 Å². The number of hydrogen-bond donors (Lipinski definition) is 3. The number of nitrogen functional groups attached to an aromatic ring is 1. The molecule has 1 aromatic carbocycles. The van der Waals surface area contributed by atoms with Crippen LogP contribution in [0.1, 0.15) is 18.5 Å². The van der Waals surface area contributed by atoms with Crippen LogP contribution in [-0.4, -0.2) is 11.2 Å². The van der Waals surface area contributed by atoms with Crippen molar-refractivity contribution >= 4 is 5.69 Å². The van der Waals surface area contributed by atoms with Crippen molar-refractivity contribution in [3.63, 3.8) is 0 Å². The normalized spacial score (nSPS) is 15.4. The Bertz CT molecular complexity index is 302. The number of anilines is 1. The fourth-order valence-corrected chi connectivity index (χ4v) is 1.11. The second-order valence-electron chi connectivity index (χ2n) is 3.04. The predicted octanol–water partition coefficient (Wildman–Crippen LogP) is 0.789. The molecule has 0 heterocycles. The summed E-state index contributed by atoms with van der Waals surface area (Å²) in [6.45, 7) is 1.56. The Labute approximate surface area is 76.2 Å². The number of aliphatic hydroxyl groups is 1. The van der Waals surface area contributed by atoms with Gasteiger partial charge in [0.1, 0.15) is 5.82 Å². The van der Waals surface area contributed by atoms with Crippen LogP contribution in [-0.2, 0) is 0 Å². The molecule has 3 nitrogen and oxygen atoms in total. The summed E-state index contributed by atoms with van der Waals surface area (Å²) in [5.74, 6) is -0.404. The highest BCUT2D eigenvalue weighted by Crippen LogP contribution is 2.21. The zero-order valence-corrected chi connectivity index (χ0v) is 7.37. The van der Waals surface area contributed by atoms with Crippen molar-refractivity contribution in [2.75, 3.05) is 5.73 Å². The molecule has 5 N–H and O–H groups in total. The molecular formula is C9H13FN2O. The van der Waals surface area contributed by atoms with E-state index in [4.69, 9.17) is 11.5 Å². The smallest absolute Gasteiger partial charge is 0.125 e. The van der Waals surface area contributed by atoms with Crippen LogP contribution in [0.3, 0.4) is 0 Å². The molecule has 72 valence electrons. The zero-order valence-electron chi connectivity index (χ0n) is 7.37. The lowest BCUT2D eigenvalue weighted by molar-refractivity contribution is 0.164. The van der Waals surface area contributed by atoms with Crippen LogP contribution in [0.25, 0.3) is 0 Å². The van der Waals surface area contributed by atoms with Gasteiger partial charge < -0.3 is 16.6 Å². The quantitative estimate of drug-likeness (QED) is 0.595. The van der Waals surface area contributed by atoms with Crippen molar-refractivity contribution in [1.29, 1.82) is 0 Å². The van der Waals surface area contributed by atoms with Gasteiger partial charge in [-0.2, -0.15) is 0 Å². The SMILES string of the molecule is C[C@H](O)[C@@H](N)c1ccc(F)cc1N. The van der Waals surface area contributed by atoms with Gasteiger partial charge in [-0.05, 0) is 24.6 Å². The molecule has 0 saturated carbocycles. The molecule has 0 spiro atoms. The predicted molar refractivity (Wildman–Crippen MR) is 49.4 cm³/mol. The van der Waals surface area contributed by atoms with Crippen LogP contribution >= 0.6 is 0 Å². The average Bonchev–Trinajstić information content (AvgIpc) is 2.03. The van der Waals surface area contributed by atoms with E-state index in [1.54, 1.807) is 6.92 Å². The topological polar surface area (TPSA) is 72.3 Å². The van der Waals surface area contributed by atoms with Crippen molar-refractivity contribution in [2.45, 2.75) is 19.1 Å². The third kappa shape index (κ3) is 2.17. The van der Waals surface area contributed by atoms with Crippen molar-refractivity contribution in [1.82, 2.24) is 0 Å². The van der Waals surface area contributed by atoms with Crippen LogP contribution in [0.4, 0.5) is 10.1 Å². The van der Waals surface area contributed by atoms with Gasteiger partial charge in [0.2, 0.25) is 0 Å². The van der Waals surface area contributed by atoms with E-state index in [1.807, 2.05) is 0 Å². The van der Waals surface area contributed by atoms with E-state index in [0.717, 1.165) is 0 Å². The van der Waals surface area contributed by atoms with E-state index in [9.17, 15) is 9.50 Å². The lowest BCUT2D eigenvalue weighted by atomic mass is 10.0. The first-order chi connectivity index (χ1) is 6.02. The number of nitrogens with two attached hydrogens (primary N) is 2. The van der Waals surface area contributed by atoms with Crippen molar-refractivity contribution in [3.05, 3.63) is 29.6 Å². The summed E-state index contributed by atoms with van der Waals surface area (Å²) in [6.07, 6.45) is -0.701. The van der Waals surface area contributed by atoms with Gasteiger partial charge in [0, 0.05) is 5.69 Å². The molecule has 0 radical (unpaired) electrons. The zero-order chi connectivity index (χ0) is 10.0. The highest BCUT2D eigenvalue weighted by molar-refractivity contribution is 5.48. The third-order valence-electron chi connectivity index (χ3n) is 1.93. The standard InChI is InChI=1S/C9H13FN2O/c1-5(13)9(12)7-3-2-6(10)4-8(7)11/h2-5,9,13H,11-12H2,1H3/t5-,9+/m0/s1. The maximum atomic E-state index is 12.6. The molecule has 0 unspecified atom stereocenters. The maximum absolute atomic E-state index is 12.6. The average molecular weight is 184 g/mol. The van der Waals surface area contributed by atoms with Crippen LogP contribution in [0, 0.1) is 5.82 Å². The van der Waals surface area contributed by atoms with Crippen molar-refractivity contribution in [3.8, 4) is 0 Å². The summed E-state index contributed by atoms with van der Waals surface area (Å²) < 4.78 is 12.6. The van der Waals surface area contributed by atoms with Gasteiger partial charge in [-0.1, -0.05) is 6.07 Å². The maximum Gasteiger partial charge on any atom is 0.125 e. The Morgan fingerprint density at radius 2 is 2.08 bits per heavy atom. The fourth-order valence-electron chi connectivity index (χ4n) is 1.11. The van der Waals surface area contributed by atoms with Gasteiger partial charge in [-0.25, -0.2) is 4.39 Å². The Morgan fingerprint density at radius 1 is 1.46 bits per heavy atom. The lowest BCUT2D eigenvalue weighted by Crippen LogP contribution is -2.24. The Kier molecular flexibility index (Phi) is 2.85. The third-order valence-corrected chi connectivity index (χ3v) is 1.93. The van der Waals surface area contributed by atoms with E-state index >= 15 is 0 Å². The number of aliphatic hydroxyl groups excluding tert-OH is 1. The second-order valence-corrected chi connectivity index (χ2v) is 3.04. The first kappa shape index (κ1) is 9.95. The summed E-state index contributed by atoms with van der Waals surface area (Å²) in [7, 11) is 0. The minimum absolute atomic E-state index is 0.272. The van der Waals surface area contributed by atoms with E-state index < -0.39 is 18.0 Å². The number of hydrogen-bond acceptors (Lipinski definition) is 3. The van der Waals surface area contributed by atoms with Gasteiger partial charge >= 0.3 is 0 Å². The van der Waals surface area contributed by atoms with Crippen molar-refractivity contribution < 1.29 is 9.50 Å². The van der Waals surface area contributed by atoms with E-state index in [0.29, 0.717) is 5.56 Å².